The normalized spacial score (nSPS) is 13.8. The van der Waals surface area contributed by atoms with E-state index in [0.717, 1.165) is 63.8 Å². The van der Waals surface area contributed by atoms with E-state index in [1.807, 2.05) is 31.3 Å². The molecule has 0 atom stereocenters. The second-order valence-corrected chi connectivity index (χ2v) is 8.67. The van der Waals surface area contributed by atoms with Gasteiger partial charge in [-0.1, -0.05) is 25.8 Å². The van der Waals surface area contributed by atoms with Crippen LogP contribution in [0.5, 0.6) is 5.75 Å². The average Bonchev–Trinajstić information content (AvgIpc) is 3.34. The molecule has 0 aliphatic heterocycles. The second-order valence-electron chi connectivity index (χ2n) is 8.67. The van der Waals surface area contributed by atoms with Gasteiger partial charge in [0.15, 0.2) is 17.4 Å². The molecule has 1 saturated carbocycles. The van der Waals surface area contributed by atoms with Gasteiger partial charge >= 0.3 is 0 Å². The van der Waals surface area contributed by atoms with Crippen molar-refractivity contribution in [2.75, 3.05) is 6.54 Å². The minimum absolute atomic E-state index is 0.318. The van der Waals surface area contributed by atoms with Gasteiger partial charge in [0, 0.05) is 17.6 Å². The number of aromatic hydroxyl groups is 1. The minimum Gasteiger partial charge on any atom is -0.505 e. The number of halogens is 1. The number of H-pyrrole nitrogens is 2. The molecule has 0 radical (unpaired) electrons. The number of hydrogen-bond acceptors (Lipinski definition) is 4. The molecular formula is C25H28FN5O. The first-order valence-corrected chi connectivity index (χ1v) is 11.4. The van der Waals surface area contributed by atoms with Crippen LogP contribution in [0.1, 0.15) is 43.9 Å². The Morgan fingerprint density at radius 1 is 1.22 bits per heavy atom. The predicted octanol–water partition coefficient (Wildman–Crippen LogP) is 5.31. The monoisotopic (exact) mass is 433 g/mol. The SMILES string of the molecule is CCc1cc(O)c(F)cc1-c1ccc2c(-c3ncc(CNCCCC4CC4)[nH]3)n[nH]c2c1. The van der Waals surface area contributed by atoms with Crippen molar-refractivity contribution in [1.82, 2.24) is 25.5 Å². The number of phenols is 1. The third-order valence-electron chi connectivity index (χ3n) is 6.26. The molecule has 166 valence electrons. The highest BCUT2D eigenvalue weighted by molar-refractivity contribution is 5.94. The summed E-state index contributed by atoms with van der Waals surface area (Å²) < 4.78 is 14.0. The Morgan fingerprint density at radius 3 is 2.91 bits per heavy atom. The van der Waals surface area contributed by atoms with Gasteiger partial charge in [0.25, 0.3) is 0 Å². The maximum atomic E-state index is 14.0. The zero-order valence-electron chi connectivity index (χ0n) is 18.2. The topological polar surface area (TPSA) is 89.6 Å². The van der Waals surface area contributed by atoms with Crippen molar-refractivity contribution < 1.29 is 9.50 Å². The van der Waals surface area contributed by atoms with E-state index in [9.17, 15) is 9.50 Å². The summed E-state index contributed by atoms with van der Waals surface area (Å²) in [6, 6.07) is 8.78. The quantitative estimate of drug-likeness (QED) is 0.269. The van der Waals surface area contributed by atoms with Crippen LogP contribution in [-0.2, 0) is 13.0 Å². The molecule has 0 spiro atoms. The van der Waals surface area contributed by atoms with Crippen molar-refractivity contribution >= 4 is 10.9 Å². The zero-order chi connectivity index (χ0) is 22.1. The maximum absolute atomic E-state index is 14.0. The molecule has 2 aromatic carbocycles. The van der Waals surface area contributed by atoms with Crippen LogP contribution in [0.2, 0.25) is 0 Å². The summed E-state index contributed by atoms with van der Waals surface area (Å²) in [5.41, 5.74) is 5.19. The van der Waals surface area contributed by atoms with E-state index in [2.05, 4.69) is 25.5 Å². The fraction of sp³-hybridized carbons (Fsp3) is 0.360. The molecule has 0 bridgehead atoms. The number of imidazole rings is 1. The van der Waals surface area contributed by atoms with E-state index in [-0.39, 0.29) is 5.75 Å². The third-order valence-corrected chi connectivity index (χ3v) is 6.26. The summed E-state index contributed by atoms with van der Waals surface area (Å²) in [6.07, 6.45) is 7.93. The Labute approximate surface area is 186 Å². The van der Waals surface area contributed by atoms with Crippen LogP contribution < -0.4 is 5.32 Å². The molecule has 4 aromatic rings. The Hall–Kier alpha value is -3.19. The van der Waals surface area contributed by atoms with Crippen LogP contribution in [0.25, 0.3) is 33.5 Å². The van der Waals surface area contributed by atoms with E-state index in [1.54, 1.807) is 0 Å². The average molecular weight is 434 g/mol. The molecule has 0 amide bonds. The van der Waals surface area contributed by atoms with Gasteiger partial charge in [0.2, 0.25) is 0 Å². The number of aromatic amines is 2. The third kappa shape index (κ3) is 4.25. The van der Waals surface area contributed by atoms with Gasteiger partial charge in [0.1, 0.15) is 5.69 Å². The van der Waals surface area contributed by atoms with Crippen LogP contribution in [0.15, 0.2) is 36.5 Å². The van der Waals surface area contributed by atoms with Gasteiger partial charge in [-0.15, -0.1) is 0 Å². The van der Waals surface area contributed by atoms with E-state index >= 15 is 0 Å². The van der Waals surface area contributed by atoms with Gasteiger partial charge in [-0.3, -0.25) is 5.10 Å². The summed E-state index contributed by atoms with van der Waals surface area (Å²) >= 11 is 0. The van der Waals surface area contributed by atoms with Gasteiger partial charge in [-0.2, -0.15) is 5.10 Å². The molecule has 5 rings (SSSR count). The lowest BCUT2D eigenvalue weighted by Gasteiger charge is -2.10. The number of hydrogen-bond donors (Lipinski definition) is 4. The van der Waals surface area contributed by atoms with Crippen LogP contribution in [0, 0.1) is 11.7 Å². The Kier molecular flexibility index (Phi) is 5.66. The Morgan fingerprint density at radius 2 is 2.09 bits per heavy atom. The standard InChI is InChI=1S/C25H28FN5O/c1-2-16-11-23(32)21(26)12-20(16)17-7-8-19-22(10-17)30-31-24(19)25-28-14-18(29-25)13-27-9-3-4-15-5-6-15/h7-8,10-12,14-15,27,32H,2-6,9,13H2,1H3,(H,28,29)(H,30,31). The van der Waals surface area contributed by atoms with Crippen molar-refractivity contribution in [2.45, 2.75) is 45.6 Å². The molecule has 7 heteroatoms. The highest BCUT2D eigenvalue weighted by Crippen LogP contribution is 2.34. The number of aromatic nitrogens is 4. The summed E-state index contributed by atoms with van der Waals surface area (Å²) in [6.45, 7) is 3.77. The largest absolute Gasteiger partial charge is 0.505 e. The molecule has 2 aromatic heterocycles. The smallest absolute Gasteiger partial charge is 0.165 e. The van der Waals surface area contributed by atoms with Crippen LogP contribution in [0.4, 0.5) is 4.39 Å². The first-order valence-electron chi connectivity index (χ1n) is 11.4. The molecule has 1 aliphatic carbocycles. The van der Waals surface area contributed by atoms with Gasteiger partial charge in [0.05, 0.1) is 11.7 Å². The fourth-order valence-corrected chi connectivity index (χ4v) is 4.25. The first-order chi connectivity index (χ1) is 15.6. The number of rotatable bonds is 9. The molecular weight excluding hydrogens is 405 g/mol. The summed E-state index contributed by atoms with van der Waals surface area (Å²) in [5.74, 6) is 0.766. The second kappa shape index (κ2) is 8.74. The highest BCUT2D eigenvalue weighted by Gasteiger charge is 2.20. The Bertz CT molecular complexity index is 1240. The van der Waals surface area contributed by atoms with E-state index in [1.165, 1.54) is 37.8 Å². The van der Waals surface area contributed by atoms with Crippen molar-refractivity contribution in [2.24, 2.45) is 5.92 Å². The van der Waals surface area contributed by atoms with Crippen LogP contribution in [0.3, 0.4) is 0 Å². The number of fused-ring (bicyclic) bond motifs is 1. The highest BCUT2D eigenvalue weighted by atomic mass is 19.1. The van der Waals surface area contributed by atoms with E-state index in [0.29, 0.717) is 6.42 Å². The van der Waals surface area contributed by atoms with Crippen molar-refractivity contribution in [3.05, 3.63) is 53.6 Å². The van der Waals surface area contributed by atoms with E-state index < -0.39 is 5.82 Å². The minimum atomic E-state index is -0.619. The molecule has 6 nitrogen and oxygen atoms in total. The molecule has 4 N–H and O–H groups in total. The van der Waals surface area contributed by atoms with Crippen molar-refractivity contribution in [3.63, 3.8) is 0 Å². The first kappa shape index (κ1) is 20.7. The van der Waals surface area contributed by atoms with Crippen molar-refractivity contribution in [3.8, 4) is 28.4 Å². The summed E-state index contributed by atoms with van der Waals surface area (Å²) in [7, 11) is 0. The predicted molar refractivity (Wildman–Crippen MR) is 124 cm³/mol. The van der Waals surface area contributed by atoms with Crippen LogP contribution in [-0.4, -0.2) is 31.8 Å². The number of aryl methyl sites for hydroxylation is 1. The molecule has 32 heavy (non-hydrogen) atoms. The zero-order valence-corrected chi connectivity index (χ0v) is 18.2. The number of nitrogens with zero attached hydrogens (tertiary/aromatic N) is 2. The van der Waals surface area contributed by atoms with E-state index in [4.69, 9.17) is 0 Å². The lowest BCUT2D eigenvalue weighted by atomic mass is 9.96. The molecule has 1 fully saturated rings. The molecule has 2 heterocycles. The molecule has 1 aliphatic rings. The Balaban J connectivity index is 1.33. The number of benzene rings is 2. The molecule has 0 unspecified atom stereocenters. The van der Waals surface area contributed by atoms with Gasteiger partial charge in [-0.25, -0.2) is 9.37 Å². The lowest BCUT2D eigenvalue weighted by Crippen LogP contribution is -2.15. The lowest BCUT2D eigenvalue weighted by molar-refractivity contribution is 0.432. The number of nitrogens with one attached hydrogen (secondary N) is 3. The van der Waals surface area contributed by atoms with Gasteiger partial charge < -0.3 is 15.4 Å². The number of phenolic OH excluding ortho intramolecular Hbond substituents is 1. The van der Waals surface area contributed by atoms with Crippen LogP contribution >= 0.6 is 0 Å². The fourth-order valence-electron chi connectivity index (χ4n) is 4.25. The summed E-state index contributed by atoms with van der Waals surface area (Å²) in [5, 5.41) is 21.7. The molecule has 0 saturated heterocycles. The van der Waals surface area contributed by atoms with Crippen molar-refractivity contribution in [1.29, 1.82) is 0 Å². The maximum Gasteiger partial charge on any atom is 0.165 e. The summed E-state index contributed by atoms with van der Waals surface area (Å²) in [4.78, 5) is 7.88. The van der Waals surface area contributed by atoms with Gasteiger partial charge in [-0.05, 0) is 72.7 Å².